The predicted molar refractivity (Wildman–Crippen MR) is 55.3 cm³/mol. The maximum absolute atomic E-state index is 11.4. The summed E-state index contributed by atoms with van der Waals surface area (Å²) in [6.07, 6.45) is 3.10. The summed E-state index contributed by atoms with van der Waals surface area (Å²) in [4.78, 5) is 0. The number of halogens is 1. The lowest BCUT2D eigenvalue weighted by atomic mass is 10.2. The van der Waals surface area contributed by atoms with Crippen molar-refractivity contribution >= 4 is 29.6 Å². The Morgan fingerprint density at radius 2 is 1.93 bits per heavy atom. The van der Waals surface area contributed by atoms with Crippen LogP contribution in [0.5, 0.6) is 0 Å². The molecule has 0 aliphatic carbocycles. The van der Waals surface area contributed by atoms with Gasteiger partial charge in [-0.3, -0.25) is 0 Å². The molecule has 1 unspecified atom stereocenters. The number of hydrogen-bond acceptors (Lipinski definition) is 4. The van der Waals surface area contributed by atoms with Crippen molar-refractivity contribution in [2.24, 2.45) is 0 Å². The van der Waals surface area contributed by atoms with E-state index in [1.165, 1.54) is 0 Å². The van der Waals surface area contributed by atoms with Gasteiger partial charge in [0.05, 0.1) is 11.0 Å². The van der Waals surface area contributed by atoms with Crippen molar-refractivity contribution in [3.05, 3.63) is 11.5 Å². The van der Waals surface area contributed by atoms with Crippen LogP contribution in [0, 0.1) is 0 Å². The van der Waals surface area contributed by atoms with Gasteiger partial charge in [-0.1, -0.05) is 12.5 Å². The number of sulfone groups is 1. The van der Waals surface area contributed by atoms with Gasteiger partial charge in [0.1, 0.15) is 0 Å². The molecule has 1 rings (SSSR count). The van der Waals surface area contributed by atoms with Crippen molar-refractivity contribution < 1.29 is 16.8 Å². The Balaban J connectivity index is 2.83. The lowest BCUT2D eigenvalue weighted by Gasteiger charge is -2.18. The highest BCUT2D eigenvalue weighted by atomic mass is 35.7. The van der Waals surface area contributed by atoms with Crippen LogP contribution in [-0.4, -0.2) is 27.8 Å². The molecule has 1 saturated heterocycles. The second-order valence-electron chi connectivity index (χ2n) is 3.21. The summed E-state index contributed by atoms with van der Waals surface area (Å²) in [7, 11) is -1.97. The monoisotopic (exact) mass is 258 g/mol. The largest absolute Gasteiger partial charge is 0.254 e. The first kappa shape index (κ1) is 12.0. The highest BCUT2D eigenvalue weighted by Crippen LogP contribution is 2.21. The minimum absolute atomic E-state index is 0.129. The summed E-state index contributed by atoms with van der Waals surface area (Å²) in [5, 5.41) is 0.0621. The Kier molecular flexibility index (Phi) is 3.60. The SMILES string of the molecule is O=S(=O)(Cl)/C=C\C1CCCCS1(=O)=O. The smallest absolute Gasteiger partial charge is 0.228 e. The third-order valence-electron chi connectivity index (χ3n) is 2.08. The second-order valence-corrected chi connectivity index (χ2v) is 8.06. The zero-order valence-electron chi connectivity index (χ0n) is 7.39. The first-order valence-corrected chi connectivity index (χ1v) is 8.24. The minimum atomic E-state index is -3.75. The molecule has 1 fully saturated rings. The van der Waals surface area contributed by atoms with Gasteiger partial charge >= 0.3 is 0 Å². The molecule has 1 aliphatic heterocycles. The lowest BCUT2D eigenvalue weighted by Crippen LogP contribution is -2.26. The van der Waals surface area contributed by atoms with E-state index in [1.54, 1.807) is 0 Å². The topological polar surface area (TPSA) is 68.3 Å². The molecular formula is C7H11ClO4S2. The normalized spacial score (nSPS) is 27.9. The van der Waals surface area contributed by atoms with E-state index < -0.39 is 24.1 Å². The minimum Gasteiger partial charge on any atom is -0.228 e. The van der Waals surface area contributed by atoms with Crippen LogP contribution in [0.2, 0.25) is 0 Å². The Morgan fingerprint density at radius 3 is 2.43 bits per heavy atom. The van der Waals surface area contributed by atoms with Crippen LogP contribution < -0.4 is 0 Å². The van der Waals surface area contributed by atoms with Crippen LogP contribution in [0.1, 0.15) is 19.3 Å². The van der Waals surface area contributed by atoms with E-state index in [0.717, 1.165) is 17.9 Å². The molecule has 0 aromatic carbocycles. The standard InChI is InChI=1S/C7H11ClO4S2/c8-14(11,12)6-4-7-3-1-2-5-13(7,9)10/h4,6-7H,1-3,5H2/b6-4-. The lowest BCUT2D eigenvalue weighted by molar-refractivity contribution is 0.559. The van der Waals surface area contributed by atoms with Crippen molar-refractivity contribution in [2.45, 2.75) is 24.5 Å². The second kappa shape index (κ2) is 4.20. The molecular weight excluding hydrogens is 248 g/mol. The zero-order valence-corrected chi connectivity index (χ0v) is 9.78. The molecule has 7 heteroatoms. The van der Waals surface area contributed by atoms with Gasteiger partial charge in [0, 0.05) is 16.1 Å². The maximum atomic E-state index is 11.4. The molecule has 82 valence electrons. The molecule has 1 atom stereocenters. The van der Waals surface area contributed by atoms with Crippen molar-refractivity contribution in [1.82, 2.24) is 0 Å². The Hall–Kier alpha value is -0.0700. The Labute approximate surface area is 88.3 Å². The van der Waals surface area contributed by atoms with Crippen LogP contribution in [0.15, 0.2) is 11.5 Å². The number of rotatable bonds is 2. The molecule has 0 bridgehead atoms. The van der Waals surface area contributed by atoms with E-state index >= 15 is 0 Å². The van der Waals surface area contributed by atoms with E-state index in [4.69, 9.17) is 10.7 Å². The molecule has 0 saturated carbocycles. The van der Waals surface area contributed by atoms with Gasteiger partial charge in [-0.05, 0) is 12.8 Å². The Morgan fingerprint density at radius 1 is 1.29 bits per heavy atom. The van der Waals surface area contributed by atoms with Crippen LogP contribution >= 0.6 is 10.7 Å². The molecule has 4 nitrogen and oxygen atoms in total. The van der Waals surface area contributed by atoms with Crippen molar-refractivity contribution in [1.29, 1.82) is 0 Å². The van der Waals surface area contributed by atoms with Gasteiger partial charge in [0.2, 0.25) is 0 Å². The highest BCUT2D eigenvalue weighted by molar-refractivity contribution is 8.16. The zero-order chi connectivity index (χ0) is 10.8. The first-order valence-electron chi connectivity index (χ1n) is 4.16. The first-order chi connectivity index (χ1) is 6.31. The average Bonchev–Trinajstić information content (AvgIpc) is 2.00. The van der Waals surface area contributed by atoms with Crippen molar-refractivity contribution in [3.8, 4) is 0 Å². The molecule has 1 aliphatic rings. The van der Waals surface area contributed by atoms with Gasteiger partial charge in [0.15, 0.2) is 9.84 Å². The quantitative estimate of drug-likeness (QED) is 0.694. The van der Waals surface area contributed by atoms with Crippen molar-refractivity contribution in [3.63, 3.8) is 0 Å². The predicted octanol–water partition coefficient (Wildman–Crippen LogP) is 1.04. The van der Waals surface area contributed by atoms with Gasteiger partial charge in [0.25, 0.3) is 9.05 Å². The molecule has 1 heterocycles. The summed E-state index contributed by atoms with van der Waals surface area (Å²) in [6, 6.07) is 0. The molecule has 0 spiro atoms. The van der Waals surface area contributed by atoms with Crippen LogP contribution in [0.4, 0.5) is 0 Å². The maximum Gasteiger partial charge on any atom is 0.254 e. The summed E-state index contributed by atoms with van der Waals surface area (Å²) >= 11 is 0. The summed E-state index contributed by atoms with van der Waals surface area (Å²) in [5.41, 5.74) is 0. The van der Waals surface area contributed by atoms with Crippen LogP contribution in [0.3, 0.4) is 0 Å². The molecule has 14 heavy (non-hydrogen) atoms. The molecule has 0 aromatic rings. The van der Waals surface area contributed by atoms with Gasteiger partial charge < -0.3 is 0 Å². The molecule has 0 radical (unpaired) electrons. The fourth-order valence-electron chi connectivity index (χ4n) is 1.38. The highest BCUT2D eigenvalue weighted by Gasteiger charge is 2.26. The third-order valence-corrected chi connectivity index (χ3v) is 5.05. The fraction of sp³-hybridized carbons (Fsp3) is 0.714. The van der Waals surface area contributed by atoms with E-state index in [0.29, 0.717) is 12.8 Å². The van der Waals surface area contributed by atoms with Crippen LogP contribution in [0.25, 0.3) is 0 Å². The van der Waals surface area contributed by atoms with E-state index in [2.05, 4.69) is 0 Å². The summed E-state index contributed by atoms with van der Waals surface area (Å²) in [5.74, 6) is 0.129. The average molecular weight is 259 g/mol. The summed E-state index contributed by atoms with van der Waals surface area (Å²) < 4.78 is 44.0. The molecule has 0 aromatic heterocycles. The van der Waals surface area contributed by atoms with Crippen LogP contribution in [-0.2, 0) is 18.9 Å². The van der Waals surface area contributed by atoms with E-state index in [1.807, 2.05) is 0 Å². The van der Waals surface area contributed by atoms with Gasteiger partial charge in [-0.2, -0.15) is 0 Å². The molecule has 0 amide bonds. The van der Waals surface area contributed by atoms with Gasteiger partial charge in [-0.25, -0.2) is 16.8 Å². The Bertz CT molecular complexity index is 421. The van der Waals surface area contributed by atoms with E-state index in [-0.39, 0.29) is 5.75 Å². The fourth-order valence-corrected chi connectivity index (χ4v) is 3.79. The summed E-state index contributed by atoms with van der Waals surface area (Å²) in [6.45, 7) is 0. The number of hydrogen-bond donors (Lipinski definition) is 0. The van der Waals surface area contributed by atoms with Gasteiger partial charge in [-0.15, -0.1) is 0 Å². The van der Waals surface area contributed by atoms with Crippen molar-refractivity contribution in [2.75, 3.05) is 5.75 Å². The van der Waals surface area contributed by atoms with E-state index in [9.17, 15) is 16.8 Å². The molecule has 0 N–H and O–H groups in total. The third kappa shape index (κ3) is 3.59.